The van der Waals surface area contributed by atoms with Gasteiger partial charge in [0.05, 0.1) is 11.7 Å². The molecule has 1 atom stereocenters. The van der Waals surface area contributed by atoms with Gasteiger partial charge >= 0.3 is 0 Å². The van der Waals surface area contributed by atoms with Crippen LogP contribution in [0.15, 0.2) is 36.8 Å². The van der Waals surface area contributed by atoms with Crippen molar-refractivity contribution in [1.82, 2.24) is 19.8 Å². The van der Waals surface area contributed by atoms with Crippen LogP contribution in [0.4, 0.5) is 4.39 Å². The van der Waals surface area contributed by atoms with E-state index < -0.39 is 0 Å². The predicted molar refractivity (Wildman–Crippen MR) is 88.7 cm³/mol. The molecule has 2 aromatic rings. The third kappa shape index (κ3) is 3.86. The molecule has 6 heteroatoms. The van der Waals surface area contributed by atoms with E-state index >= 15 is 0 Å². The minimum absolute atomic E-state index is 0.229. The number of rotatable bonds is 4. The van der Waals surface area contributed by atoms with Crippen LogP contribution >= 0.6 is 11.6 Å². The number of nitrogens with zero attached hydrogens (tertiary/aromatic N) is 4. The zero-order chi connectivity index (χ0) is 16.2. The third-order valence-electron chi connectivity index (χ3n) is 4.41. The first-order chi connectivity index (χ1) is 11.1. The quantitative estimate of drug-likeness (QED) is 0.859. The van der Waals surface area contributed by atoms with Gasteiger partial charge in [0.25, 0.3) is 0 Å². The zero-order valence-corrected chi connectivity index (χ0v) is 13.9. The Morgan fingerprint density at radius 2 is 2.00 bits per heavy atom. The molecule has 1 aliphatic rings. The molecule has 0 N–H and O–H groups in total. The summed E-state index contributed by atoms with van der Waals surface area (Å²) in [6.45, 7) is 6.31. The second-order valence-corrected chi connectivity index (χ2v) is 6.23. The van der Waals surface area contributed by atoms with Crippen molar-refractivity contribution >= 4 is 11.6 Å². The molecular formula is C17H20ClFN4. The first-order valence-electron chi connectivity index (χ1n) is 7.80. The van der Waals surface area contributed by atoms with Crippen LogP contribution in [0.3, 0.4) is 0 Å². The van der Waals surface area contributed by atoms with Crippen LogP contribution in [-0.4, -0.2) is 45.9 Å². The fraction of sp³-hybridized carbons (Fsp3) is 0.412. The monoisotopic (exact) mass is 334 g/mol. The second-order valence-electron chi connectivity index (χ2n) is 5.82. The molecule has 1 saturated heterocycles. The highest BCUT2D eigenvalue weighted by Gasteiger charge is 2.23. The first kappa shape index (κ1) is 16.3. The number of piperazine rings is 1. The largest absolute Gasteiger partial charge is 0.296 e. The topological polar surface area (TPSA) is 32.3 Å². The molecule has 2 heterocycles. The molecule has 0 amide bonds. The van der Waals surface area contributed by atoms with E-state index in [2.05, 4.69) is 26.7 Å². The van der Waals surface area contributed by atoms with Gasteiger partial charge in [-0.1, -0.05) is 17.7 Å². The van der Waals surface area contributed by atoms with Crippen LogP contribution in [-0.2, 0) is 6.54 Å². The van der Waals surface area contributed by atoms with Gasteiger partial charge in [0.15, 0.2) is 0 Å². The van der Waals surface area contributed by atoms with Gasteiger partial charge in [0.2, 0.25) is 0 Å². The standard InChI is InChI=1S/C17H20ClFN4/c1-13(17-11-20-5-6-21-17)23-9-7-22(8-10-23)12-14-15(18)3-2-4-16(14)19/h2-6,11,13H,7-10,12H2,1H3. The molecule has 122 valence electrons. The summed E-state index contributed by atoms with van der Waals surface area (Å²) < 4.78 is 13.9. The van der Waals surface area contributed by atoms with Crippen molar-refractivity contribution in [3.05, 3.63) is 58.9 Å². The highest BCUT2D eigenvalue weighted by Crippen LogP contribution is 2.23. The Morgan fingerprint density at radius 1 is 1.22 bits per heavy atom. The van der Waals surface area contributed by atoms with Gasteiger partial charge in [-0.25, -0.2) is 4.39 Å². The summed E-state index contributed by atoms with van der Waals surface area (Å²) in [5.41, 5.74) is 1.57. The molecule has 0 radical (unpaired) electrons. The average molecular weight is 335 g/mol. The van der Waals surface area contributed by atoms with E-state index in [1.54, 1.807) is 24.5 Å². The molecule has 0 saturated carbocycles. The molecule has 0 aliphatic carbocycles. The van der Waals surface area contributed by atoms with Gasteiger partial charge in [-0.15, -0.1) is 0 Å². The number of halogens is 2. The van der Waals surface area contributed by atoms with E-state index in [0.29, 0.717) is 17.1 Å². The Kier molecular flexibility index (Phi) is 5.20. The van der Waals surface area contributed by atoms with Crippen molar-refractivity contribution in [2.24, 2.45) is 0 Å². The number of benzene rings is 1. The molecule has 3 rings (SSSR count). The van der Waals surface area contributed by atoms with Gasteiger partial charge in [0, 0.05) is 61.9 Å². The minimum atomic E-state index is -0.229. The second kappa shape index (κ2) is 7.34. The highest BCUT2D eigenvalue weighted by molar-refractivity contribution is 6.31. The van der Waals surface area contributed by atoms with E-state index in [-0.39, 0.29) is 11.9 Å². The van der Waals surface area contributed by atoms with E-state index in [1.807, 2.05) is 6.20 Å². The Labute approximate surface area is 140 Å². The number of hydrogen-bond acceptors (Lipinski definition) is 4. The maximum Gasteiger partial charge on any atom is 0.129 e. The van der Waals surface area contributed by atoms with Crippen LogP contribution in [0.5, 0.6) is 0 Å². The molecule has 1 aromatic carbocycles. The third-order valence-corrected chi connectivity index (χ3v) is 4.76. The van der Waals surface area contributed by atoms with Crippen molar-refractivity contribution in [3.8, 4) is 0 Å². The van der Waals surface area contributed by atoms with Gasteiger partial charge in [-0.05, 0) is 19.1 Å². The summed E-state index contributed by atoms with van der Waals surface area (Å²) >= 11 is 6.12. The molecule has 0 spiro atoms. The van der Waals surface area contributed by atoms with Gasteiger partial charge < -0.3 is 0 Å². The van der Waals surface area contributed by atoms with Crippen LogP contribution in [0.25, 0.3) is 0 Å². The lowest BCUT2D eigenvalue weighted by Crippen LogP contribution is -2.46. The van der Waals surface area contributed by atoms with Crippen molar-refractivity contribution in [3.63, 3.8) is 0 Å². The molecule has 0 bridgehead atoms. The minimum Gasteiger partial charge on any atom is -0.296 e. The van der Waals surface area contributed by atoms with E-state index in [1.165, 1.54) is 6.07 Å². The maximum atomic E-state index is 13.9. The Bertz CT molecular complexity index is 624. The van der Waals surface area contributed by atoms with Crippen LogP contribution in [0, 0.1) is 5.82 Å². The maximum absolute atomic E-state index is 13.9. The Hall–Kier alpha value is -1.56. The van der Waals surface area contributed by atoms with Crippen LogP contribution in [0.1, 0.15) is 24.2 Å². The zero-order valence-electron chi connectivity index (χ0n) is 13.1. The van der Waals surface area contributed by atoms with Crippen LogP contribution in [0.2, 0.25) is 5.02 Å². The molecule has 1 unspecified atom stereocenters. The van der Waals surface area contributed by atoms with E-state index in [0.717, 1.165) is 31.9 Å². The normalized spacial score (nSPS) is 18.0. The molecule has 1 fully saturated rings. The van der Waals surface area contributed by atoms with Crippen molar-refractivity contribution in [1.29, 1.82) is 0 Å². The predicted octanol–water partition coefficient (Wildman–Crippen LogP) is 3.15. The summed E-state index contributed by atoms with van der Waals surface area (Å²) in [4.78, 5) is 13.1. The molecular weight excluding hydrogens is 315 g/mol. The van der Waals surface area contributed by atoms with Crippen molar-refractivity contribution < 1.29 is 4.39 Å². The Morgan fingerprint density at radius 3 is 2.65 bits per heavy atom. The van der Waals surface area contributed by atoms with Crippen molar-refractivity contribution in [2.75, 3.05) is 26.2 Å². The lowest BCUT2D eigenvalue weighted by Gasteiger charge is -2.37. The lowest BCUT2D eigenvalue weighted by atomic mass is 10.1. The van der Waals surface area contributed by atoms with Gasteiger partial charge in [-0.2, -0.15) is 0 Å². The SMILES string of the molecule is CC(c1cnccn1)N1CCN(Cc2c(F)cccc2Cl)CC1. The molecule has 1 aliphatic heterocycles. The van der Waals surface area contributed by atoms with Crippen molar-refractivity contribution in [2.45, 2.75) is 19.5 Å². The summed E-state index contributed by atoms with van der Waals surface area (Å²) in [7, 11) is 0. The smallest absolute Gasteiger partial charge is 0.129 e. The van der Waals surface area contributed by atoms with E-state index in [4.69, 9.17) is 11.6 Å². The summed E-state index contributed by atoms with van der Waals surface area (Å²) in [6.07, 6.45) is 5.23. The first-order valence-corrected chi connectivity index (χ1v) is 8.18. The Balaban J connectivity index is 1.58. The summed E-state index contributed by atoms with van der Waals surface area (Å²) in [5.74, 6) is -0.229. The van der Waals surface area contributed by atoms with E-state index in [9.17, 15) is 4.39 Å². The van der Waals surface area contributed by atoms with Gasteiger partial charge in [0.1, 0.15) is 5.82 Å². The number of hydrogen-bond donors (Lipinski definition) is 0. The lowest BCUT2D eigenvalue weighted by molar-refractivity contribution is 0.0956. The molecule has 1 aromatic heterocycles. The fourth-order valence-corrected chi connectivity index (χ4v) is 3.15. The molecule has 4 nitrogen and oxygen atoms in total. The molecule has 23 heavy (non-hydrogen) atoms. The number of aromatic nitrogens is 2. The summed E-state index contributed by atoms with van der Waals surface area (Å²) in [5, 5.41) is 0.500. The highest BCUT2D eigenvalue weighted by atomic mass is 35.5. The van der Waals surface area contributed by atoms with Gasteiger partial charge in [-0.3, -0.25) is 19.8 Å². The van der Waals surface area contributed by atoms with Crippen LogP contribution < -0.4 is 0 Å². The fourth-order valence-electron chi connectivity index (χ4n) is 2.93. The summed E-state index contributed by atoms with van der Waals surface area (Å²) in [6, 6.07) is 5.09. The average Bonchev–Trinajstić information content (AvgIpc) is 2.59.